The SMILES string of the molecule is COc1cc(NC(=O)c2cccc(NC(=O)c3ccco3)c2)c(C(=O)O)cc1OC. The molecule has 0 radical (unpaired) electrons. The van der Waals surface area contributed by atoms with Gasteiger partial charge in [-0.25, -0.2) is 4.79 Å². The van der Waals surface area contributed by atoms with Gasteiger partial charge in [0.2, 0.25) is 0 Å². The van der Waals surface area contributed by atoms with E-state index in [2.05, 4.69) is 10.6 Å². The van der Waals surface area contributed by atoms with E-state index in [9.17, 15) is 19.5 Å². The summed E-state index contributed by atoms with van der Waals surface area (Å²) >= 11 is 0. The molecule has 9 nitrogen and oxygen atoms in total. The van der Waals surface area contributed by atoms with Crippen molar-refractivity contribution in [3.63, 3.8) is 0 Å². The monoisotopic (exact) mass is 410 g/mol. The highest BCUT2D eigenvalue weighted by atomic mass is 16.5. The zero-order valence-electron chi connectivity index (χ0n) is 16.1. The van der Waals surface area contributed by atoms with Crippen molar-refractivity contribution in [3.8, 4) is 11.5 Å². The first-order valence-electron chi connectivity index (χ1n) is 8.68. The first kappa shape index (κ1) is 20.5. The molecular weight excluding hydrogens is 392 g/mol. The first-order valence-corrected chi connectivity index (χ1v) is 8.68. The van der Waals surface area contributed by atoms with Gasteiger partial charge in [-0.3, -0.25) is 9.59 Å². The number of ether oxygens (including phenoxy) is 2. The van der Waals surface area contributed by atoms with Gasteiger partial charge in [0.15, 0.2) is 17.3 Å². The van der Waals surface area contributed by atoms with E-state index in [1.165, 1.54) is 50.8 Å². The van der Waals surface area contributed by atoms with Crippen LogP contribution in [0.4, 0.5) is 11.4 Å². The van der Waals surface area contributed by atoms with Crippen LogP contribution >= 0.6 is 0 Å². The second-order valence-corrected chi connectivity index (χ2v) is 6.02. The maximum absolute atomic E-state index is 12.7. The van der Waals surface area contributed by atoms with E-state index in [1.54, 1.807) is 18.2 Å². The van der Waals surface area contributed by atoms with Crippen LogP contribution in [0.25, 0.3) is 0 Å². The molecule has 0 atom stereocenters. The number of amides is 2. The summed E-state index contributed by atoms with van der Waals surface area (Å²) in [6.07, 6.45) is 1.38. The Morgan fingerprint density at radius 2 is 1.63 bits per heavy atom. The van der Waals surface area contributed by atoms with Gasteiger partial charge in [0.25, 0.3) is 11.8 Å². The Bertz CT molecular complexity index is 1090. The summed E-state index contributed by atoms with van der Waals surface area (Å²) < 4.78 is 15.3. The summed E-state index contributed by atoms with van der Waals surface area (Å²) in [5.41, 5.74) is 0.451. The average molecular weight is 410 g/mol. The van der Waals surface area contributed by atoms with E-state index < -0.39 is 17.8 Å². The Morgan fingerprint density at radius 1 is 0.900 bits per heavy atom. The maximum atomic E-state index is 12.7. The van der Waals surface area contributed by atoms with E-state index in [0.717, 1.165) is 0 Å². The molecule has 9 heteroatoms. The van der Waals surface area contributed by atoms with Crippen molar-refractivity contribution in [1.29, 1.82) is 0 Å². The molecule has 0 aliphatic carbocycles. The topological polar surface area (TPSA) is 127 Å². The van der Waals surface area contributed by atoms with Gasteiger partial charge in [-0.15, -0.1) is 0 Å². The predicted octanol–water partition coefficient (Wildman–Crippen LogP) is 3.50. The molecule has 3 aromatic rings. The van der Waals surface area contributed by atoms with Gasteiger partial charge in [0, 0.05) is 23.4 Å². The minimum absolute atomic E-state index is 0.0372. The molecule has 0 fully saturated rings. The summed E-state index contributed by atoms with van der Waals surface area (Å²) in [6.45, 7) is 0. The lowest BCUT2D eigenvalue weighted by Gasteiger charge is -2.14. The summed E-state index contributed by atoms with van der Waals surface area (Å²) in [5.74, 6) is -1.68. The summed E-state index contributed by atoms with van der Waals surface area (Å²) in [7, 11) is 2.78. The number of furan rings is 1. The number of methoxy groups -OCH3 is 2. The second-order valence-electron chi connectivity index (χ2n) is 6.02. The highest BCUT2D eigenvalue weighted by molar-refractivity contribution is 6.09. The van der Waals surface area contributed by atoms with E-state index in [4.69, 9.17) is 13.9 Å². The van der Waals surface area contributed by atoms with Gasteiger partial charge in [0.05, 0.1) is 31.7 Å². The molecule has 0 aliphatic rings. The smallest absolute Gasteiger partial charge is 0.337 e. The third-order valence-corrected chi connectivity index (χ3v) is 4.13. The molecule has 0 unspecified atom stereocenters. The van der Waals surface area contributed by atoms with Gasteiger partial charge in [0.1, 0.15) is 0 Å². The number of nitrogens with one attached hydrogen (secondary N) is 2. The molecule has 0 saturated heterocycles. The number of carbonyl (C=O) groups excluding carboxylic acids is 2. The van der Waals surface area contributed by atoms with Gasteiger partial charge in [-0.05, 0) is 30.3 Å². The predicted molar refractivity (Wildman–Crippen MR) is 108 cm³/mol. The van der Waals surface area contributed by atoms with Crippen LogP contribution in [-0.4, -0.2) is 37.1 Å². The number of aromatic carboxylic acids is 1. The summed E-state index contributed by atoms with van der Waals surface area (Å²) in [6, 6.07) is 11.9. The van der Waals surface area contributed by atoms with Crippen LogP contribution in [0.5, 0.6) is 11.5 Å². The van der Waals surface area contributed by atoms with Gasteiger partial charge in [-0.2, -0.15) is 0 Å². The molecule has 1 aromatic heterocycles. The number of rotatable bonds is 7. The van der Waals surface area contributed by atoms with E-state index in [0.29, 0.717) is 5.69 Å². The quantitative estimate of drug-likeness (QED) is 0.544. The fourth-order valence-electron chi connectivity index (χ4n) is 2.69. The fraction of sp³-hybridized carbons (Fsp3) is 0.0952. The molecular formula is C21H18N2O7. The molecule has 3 N–H and O–H groups in total. The summed E-state index contributed by atoms with van der Waals surface area (Å²) in [4.78, 5) is 36.4. The molecule has 154 valence electrons. The van der Waals surface area contributed by atoms with Gasteiger partial charge < -0.3 is 29.6 Å². The van der Waals surface area contributed by atoms with Crippen molar-refractivity contribution in [1.82, 2.24) is 0 Å². The highest BCUT2D eigenvalue weighted by Gasteiger charge is 2.19. The van der Waals surface area contributed by atoms with E-state index in [1.807, 2.05) is 0 Å². The molecule has 1 heterocycles. The molecule has 2 amide bonds. The largest absolute Gasteiger partial charge is 0.493 e. The first-order chi connectivity index (χ1) is 14.4. The molecule has 0 aliphatic heterocycles. The molecule has 0 spiro atoms. The number of hydrogen-bond donors (Lipinski definition) is 3. The normalized spacial score (nSPS) is 10.2. The van der Waals surface area contributed by atoms with Crippen LogP contribution in [0.2, 0.25) is 0 Å². The van der Waals surface area contributed by atoms with Crippen LogP contribution < -0.4 is 20.1 Å². The van der Waals surface area contributed by atoms with Crippen LogP contribution in [0.15, 0.2) is 59.2 Å². The van der Waals surface area contributed by atoms with Crippen LogP contribution in [0.3, 0.4) is 0 Å². The summed E-state index contributed by atoms with van der Waals surface area (Å²) in [5, 5.41) is 14.6. The molecule has 0 bridgehead atoms. The van der Waals surface area contributed by atoms with Crippen molar-refractivity contribution in [2.24, 2.45) is 0 Å². The Morgan fingerprint density at radius 3 is 2.27 bits per heavy atom. The zero-order chi connectivity index (χ0) is 21.7. The lowest BCUT2D eigenvalue weighted by atomic mass is 10.1. The Labute approximate surface area is 171 Å². The number of hydrogen-bond acceptors (Lipinski definition) is 6. The number of carbonyl (C=O) groups is 3. The minimum Gasteiger partial charge on any atom is -0.493 e. The van der Waals surface area contributed by atoms with Crippen molar-refractivity contribution in [2.45, 2.75) is 0 Å². The molecule has 2 aromatic carbocycles. The van der Waals surface area contributed by atoms with Crippen LogP contribution in [0.1, 0.15) is 31.3 Å². The highest BCUT2D eigenvalue weighted by Crippen LogP contribution is 2.33. The third kappa shape index (κ3) is 4.41. The van der Waals surface area contributed by atoms with E-state index >= 15 is 0 Å². The van der Waals surface area contributed by atoms with Gasteiger partial charge >= 0.3 is 5.97 Å². The number of benzene rings is 2. The lowest BCUT2D eigenvalue weighted by molar-refractivity contribution is 0.0697. The van der Waals surface area contributed by atoms with Crippen molar-refractivity contribution < 1.29 is 33.4 Å². The van der Waals surface area contributed by atoms with Crippen LogP contribution in [-0.2, 0) is 0 Å². The Kier molecular flexibility index (Phi) is 6.02. The third-order valence-electron chi connectivity index (χ3n) is 4.13. The average Bonchev–Trinajstić information content (AvgIpc) is 3.28. The van der Waals surface area contributed by atoms with Crippen molar-refractivity contribution in [3.05, 3.63) is 71.7 Å². The molecule has 30 heavy (non-hydrogen) atoms. The van der Waals surface area contributed by atoms with Crippen molar-refractivity contribution >= 4 is 29.2 Å². The standard InChI is InChI=1S/C21H18N2O7/c1-28-17-10-14(21(26)27)15(11-18(17)29-2)23-19(24)12-5-3-6-13(9-12)22-20(25)16-7-4-8-30-16/h3-11H,1-2H3,(H,22,25)(H,23,24)(H,26,27). The van der Waals surface area contributed by atoms with Crippen LogP contribution in [0, 0.1) is 0 Å². The Hall–Kier alpha value is -4.27. The van der Waals surface area contributed by atoms with Crippen molar-refractivity contribution in [2.75, 3.05) is 24.9 Å². The maximum Gasteiger partial charge on any atom is 0.337 e. The zero-order valence-corrected chi connectivity index (χ0v) is 16.1. The number of carboxylic acid groups (broad SMARTS) is 1. The minimum atomic E-state index is -1.24. The van der Waals surface area contributed by atoms with E-state index in [-0.39, 0.29) is 34.1 Å². The number of anilines is 2. The van der Waals surface area contributed by atoms with Gasteiger partial charge in [-0.1, -0.05) is 6.07 Å². The second kappa shape index (κ2) is 8.82. The fourth-order valence-corrected chi connectivity index (χ4v) is 2.69. The molecule has 3 rings (SSSR count). The Balaban J connectivity index is 1.84. The number of carboxylic acids is 1. The molecule has 0 saturated carbocycles. The lowest BCUT2D eigenvalue weighted by Crippen LogP contribution is -2.16.